The Bertz CT molecular complexity index is 692. The van der Waals surface area contributed by atoms with E-state index in [9.17, 15) is 9.59 Å². The van der Waals surface area contributed by atoms with Crippen molar-refractivity contribution in [2.75, 3.05) is 13.6 Å². The van der Waals surface area contributed by atoms with Crippen LogP contribution in [0, 0.1) is 0 Å². The molecule has 0 unspecified atom stereocenters. The molecule has 2 aliphatic heterocycles. The van der Waals surface area contributed by atoms with E-state index in [2.05, 4.69) is 15.4 Å². The second kappa shape index (κ2) is 5.99. The first-order valence-corrected chi connectivity index (χ1v) is 8.67. The van der Waals surface area contributed by atoms with Crippen LogP contribution in [0.15, 0.2) is 11.3 Å². The topological polar surface area (TPSA) is 83.7 Å². The Kier molecular flexibility index (Phi) is 3.82. The summed E-state index contributed by atoms with van der Waals surface area (Å²) in [6.45, 7) is 1.41. The molecule has 2 amide bonds. The maximum absolute atomic E-state index is 12.8. The molecule has 1 atom stereocenters. The van der Waals surface area contributed by atoms with E-state index in [4.69, 9.17) is 0 Å². The third-order valence-corrected chi connectivity index (χ3v) is 5.04. The van der Waals surface area contributed by atoms with E-state index < -0.39 is 0 Å². The van der Waals surface area contributed by atoms with Gasteiger partial charge in [-0.25, -0.2) is 5.01 Å². The van der Waals surface area contributed by atoms with E-state index in [0.717, 1.165) is 25.1 Å². The maximum atomic E-state index is 12.8. The number of hydrogen-bond donors (Lipinski definition) is 0. The predicted octanol–water partition coefficient (Wildman–Crippen LogP) is 0.755. The van der Waals surface area contributed by atoms with Gasteiger partial charge in [-0.2, -0.15) is 5.10 Å². The molecule has 128 valence electrons. The molecular formula is C16H22N6O2. The molecule has 8 nitrogen and oxygen atoms in total. The van der Waals surface area contributed by atoms with Crippen LogP contribution in [-0.4, -0.2) is 62.1 Å². The van der Waals surface area contributed by atoms with E-state index in [1.165, 1.54) is 17.9 Å². The van der Waals surface area contributed by atoms with Crippen LogP contribution in [0.4, 0.5) is 0 Å². The number of hydrazone groups is 1. The van der Waals surface area contributed by atoms with Crippen LogP contribution in [0.25, 0.3) is 0 Å². The van der Waals surface area contributed by atoms with Crippen molar-refractivity contribution in [2.24, 2.45) is 5.10 Å². The summed E-state index contributed by atoms with van der Waals surface area (Å²) in [5.41, 5.74) is 1.56. The van der Waals surface area contributed by atoms with E-state index in [1.54, 1.807) is 7.05 Å². The average molecular weight is 330 g/mol. The fraction of sp³-hybridized carbons (Fsp3) is 0.688. The predicted molar refractivity (Wildman–Crippen MR) is 86.2 cm³/mol. The number of likely N-dealkylation sites (tertiary alicyclic amines) is 1. The molecule has 4 rings (SSSR count). The fourth-order valence-corrected chi connectivity index (χ4v) is 3.47. The molecule has 1 aliphatic carbocycles. The number of aromatic nitrogens is 3. The van der Waals surface area contributed by atoms with Gasteiger partial charge in [-0.05, 0) is 25.7 Å². The van der Waals surface area contributed by atoms with Crippen LogP contribution in [0.5, 0.6) is 0 Å². The Morgan fingerprint density at radius 1 is 1.29 bits per heavy atom. The van der Waals surface area contributed by atoms with Crippen molar-refractivity contribution in [2.45, 2.75) is 57.0 Å². The molecule has 1 saturated carbocycles. The molecule has 8 heteroatoms. The highest BCUT2D eigenvalue weighted by atomic mass is 16.2. The standard InChI is InChI=1S/C16H22N6O2/c1-20-15(23)7-6-13(18-20)16(24)22-8-2-3-12(22)9-21-10-14(17-19-21)11-4-5-11/h10-12H,2-9H2,1H3/t12-/m0/s1. The van der Waals surface area contributed by atoms with Gasteiger partial charge in [0.25, 0.3) is 5.91 Å². The van der Waals surface area contributed by atoms with Crippen LogP contribution in [0.3, 0.4) is 0 Å². The van der Waals surface area contributed by atoms with Gasteiger partial charge in [0.1, 0.15) is 5.71 Å². The SMILES string of the molecule is CN1N=C(C(=O)N2CCC[C@H]2Cn2cc(C3CC3)nn2)CCC1=O. The summed E-state index contributed by atoms with van der Waals surface area (Å²) in [7, 11) is 1.60. The first-order valence-electron chi connectivity index (χ1n) is 8.67. The smallest absolute Gasteiger partial charge is 0.270 e. The van der Waals surface area contributed by atoms with E-state index in [-0.39, 0.29) is 17.9 Å². The van der Waals surface area contributed by atoms with Gasteiger partial charge in [-0.1, -0.05) is 5.21 Å². The summed E-state index contributed by atoms with van der Waals surface area (Å²) in [5.74, 6) is 0.504. The number of amides is 2. The monoisotopic (exact) mass is 330 g/mol. The Morgan fingerprint density at radius 2 is 2.12 bits per heavy atom. The van der Waals surface area contributed by atoms with Gasteiger partial charge in [0.2, 0.25) is 5.91 Å². The zero-order valence-electron chi connectivity index (χ0n) is 13.9. The second-order valence-corrected chi connectivity index (χ2v) is 6.90. The van der Waals surface area contributed by atoms with E-state index in [1.807, 2.05) is 15.8 Å². The Hall–Kier alpha value is -2.25. The summed E-state index contributed by atoms with van der Waals surface area (Å²) in [6.07, 6.45) is 7.17. The molecule has 3 heterocycles. The van der Waals surface area contributed by atoms with Crippen molar-refractivity contribution in [1.29, 1.82) is 0 Å². The van der Waals surface area contributed by atoms with Gasteiger partial charge in [0.05, 0.1) is 18.3 Å². The Labute approximate surface area is 140 Å². The molecule has 1 aromatic heterocycles. The Balaban J connectivity index is 1.44. The van der Waals surface area contributed by atoms with E-state index >= 15 is 0 Å². The molecule has 1 saturated heterocycles. The maximum Gasteiger partial charge on any atom is 0.270 e. The lowest BCUT2D eigenvalue weighted by Crippen LogP contribution is -2.44. The molecule has 3 aliphatic rings. The van der Waals surface area contributed by atoms with Gasteiger partial charge >= 0.3 is 0 Å². The summed E-state index contributed by atoms with van der Waals surface area (Å²) in [4.78, 5) is 26.2. The van der Waals surface area contributed by atoms with Crippen molar-refractivity contribution >= 4 is 17.5 Å². The molecule has 24 heavy (non-hydrogen) atoms. The van der Waals surface area contributed by atoms with E-state index in [0.29, 0.717) is 31.0 Å². The lowest BCUT2D eigenvalue weighted by Gasteiger charge is -2.27. The Morgan fingerprint density at radius 3 is 2.88 bits per heavy atom. The minimum atomic E-state index is -0.0422. The van der Waals surface area contributed by atoms with Gasteiger partial charge in [-0.15, -0.1) is 5.10 Å². The summed E-state index contributed by atoms with van der Waals surface area (Å²) in [5, 5.41) is 13.9. The van der Waals surface area contributed by atoms with Crippen molar-refractivity contribution in [1.82, 2.24) is 24.9 Å². The molecule has 0 bridgehead atoms. The lowest BCUT2D eigenvalue weighted by molar-refractivity contribution is -0.130. The van der Waals surface area contributed by atoms with Crippen molar-refractivity contribution in [3.8, 4) is 0 Å². The second-order valence-electron chi connectivity index (χ2n) is 6.90. The number of carbonyl (C=O) groups excluding carboxylic acids is 2. The van der Waals surface area contributed by atoms with Crippen LogP contribution >= 0.6 is 0 Å². The van der Waals surface area contributed by atoms with Gasteiger partial charge in [-0.3, -0.25) is 14.3 Å². The largest absolute Gasteiger partial charge is 0.333 e. The number of hydrogen-bond acceptors (Lipinski definition) is 5. The highest BCUT2D eigenvalue weighted by Crippen LogP contribution is 2.38. The third kappa shape index (κ3) is 2.92. The van der Waals surface area contributed by atoms with Crippen molar-refractivity contribution in [3.05, 3.63) is 11.9 Å². The number of nitrogens with zero attached hydrogens (tertiary/aromatic N) is 6. The normalized spacial score (nSPS) is 24.5. The summed E-state index contributed by atoms with van der Waals surface area (Å²) < 4.78 is 1.86. The van der Waals surface area contributed by atoms with Crippen LogP contribution in [-0.2, 0) is 16.1 Å². The van der Waals surface area contributed by atoms with Crippen LogP contribution in [0.2, 0.25) is 0 Å². The average Bonchev–Trinajstić information content (AvgIpc) is 3.15. The third-order valence-electron chi connectivity index (χ3n) is 5.04. The lowest BCUT2D eigenvalue weighted by atomic mass is 10.1. The zero-order chi connectivity index (χ0) is 16.7. The molecule has 1 aromatic rings. The molecule has 0 radical (unpaired) electrons. The minimum absolute atomic E-state index is 0.0419. The van der Waals surface area contributed by atoms with Gasteiger partial charge in [0, 0.05) is 38.5 Å². The first kappa shape index (κ1) is 15.3. The zero-order valence-corrected chi connectivity index (χ0v) is 13.9. The molecular weight excluding hydrogens is 308 g/mol. The van der Waals surface area contributed by atoms with Crippen molar-refractivity contribution < 1.29 is 9.59 Å². The summed E-state index contributed by atoms with van der Waals surface area (Å²) in [6, 6.07) is 0.122. The summed E-state index contributed by atoms with van der Waals surface area (Å²) >= 11 is 0. The van der Waals surface area contributed by atoms with Crippen LogP contribution in [0.1, 0.15) is 50.1 Å². The molecule has 0 aromatic carbocycles. The fourth-order valence-electron chi connectivity index (χ4n) is 3.47. The molecule has 0 spiro atoms. The first-order chi connectivity index (χ1) is 11.6. The number of carbonyl (C=O) groups is 2. The number of rotatable bonds is 4. The minimum Gasteiger partial charge on any atom is -0.333 e. The van der Waals surface area contributed by atoms with Gasteiger partial charge in [0.15, 0.2) is 0 Å². The molecule has 0 N–H and O–H groups in total. The highest BCUT2D eigenvalue weighted by Gasteiger charge is 2.34. The molecule has 2 fully saturated rings. The quantitative estimate of drug-likeness (QED) is 0.816. The van der Waals surface area contributed by atoms with Gasteiger partial charge < -0.3 is 4.90 Å². The van der Waals surface area contributed by atoms with Crippen molar-refractivity contribution in [3.63, 3.8) is 0 Å². The highest BCUT2D eigenvalue weighted by molar-refractivity contribution is 6.39. The van der Waals surface area contributed by atoms with Crippen LogP contribution < -0.4 is 0 Å².